The van der Waals surface area contributed by atoms with E-state index in [1.807, 2.05) is 29.2 Å². The molecular weight excluding hydrogens is 441 g/mol. The van der Waals surface area contributed by atoms with Gasteiger partial charge in [0.15, 0.2) is 5.75 Å². The molecule has 3 heterocycles. The molecule has 8 nitrogen and oxygen atoms in total. The van der Waals surface area contributed by atoms with Gasteiger partial charge in [-0.05, 0) is 30.2 Å². The van der Waals surface area contributed by atoms with Crippen molar-refractivity contribution < 1.29 is 23.8 Å². The molecule has 1 aliphatic heterocycles. The number of hydrogen-bond donors (Lipinski definition) is 3. The highest BCUT2D eigenvalue weighted by molar-refractivity contribution is 7.88. The molecule has 3 aromatic rings. The second-order valence-corrected chi connectivity index (χ2v) is 8.92. The van der Waals surface area contributed by atoms with Crippen molar-refractivity contribution in [3.05, 3.63) is 58.9 Å². The smallest absolute Gasteiger partial charge is 0.474 e. The Hall–Kier alpha value is -1.79. The number of fused-ring (bicyclic) bond motifs is 1. The fraction of sp³-hybridized carbons (Fsp3) is 0.350. The van der Waals surface area contributed by atoms with Crippen LogP contribution in [0.5, 0.6) is 0 Å². The van der Waals surface area contributed by atoms with Crippen LogP contribution < -0.4 is 9.62 Å². The third-order valence-electron chi connectivity index (χ3n) is 5.12. The Labute approximate surface area is 188 Å². The van der Waals surface area contributed by atoms with Gasteiger partial charge in [-0.25, -0.2) is 4.98 Å². The molecule has 11 heteroatoms. The lowest BCUT2D eigenvalue weighted by atomic mass is 9.77. The van der Waals surface area contributed by atoms with Crippen LogP contribution >= 0.6 is 11.6 Å². The molecule has 0 amide bonds. The van der Waals surface area contributed by atoms with Gasteiger partial charge in [-0.1, -0.05) is 29.8 Å². The lowest BCUT2D eigenvalue weighted by molar-refractivity contribution is 0.122. The predicted molar refractivity (Wildman–Crippen MR) is 121 cm³/mol. The summed E-state index contributed by atoms with van der Waals surface area (Å²) in [5, 5.41) is 21.1. The summed E-state index contributed by atoms with van der Waals surface area (Å²) < 4.78 is 26.4. The van der Waals surface area contributed by atoms with Crippen LogP contribution in [-0.2, 0) is 28.3 Å². The fourth-order valence-corrected chi connectivity index (χ4v) is 4.81. The number of rotatable bonds is 8. The third kappa shape index (κ3) is 5.53. The van der Waals surface area contributed by atoms with Crippen LogP contribution in [0, 0.1) is 0 Å². The highest BCUT2D eigenvalue weighted by Gasteiger charge is 2.30. The van der Waals surface area contributed by atoms with E-state index in [9.17, 15) is 14.6 Å². The number of nitrogens with zero attached hydrogens (tertiary/aromatic N) is 2. The average molecular weight is 464 g/mol. The maximum atomic E-state index is 12.7. The van der Waals surface area contributed by atoms with Crippen LogP contribution in [0.25, 0.3) is 11.0 Å². The first-order chi connectivity index (χ1) is 15.0. The first kappa shape index (κ1) is 22.4. The molecular formula is C20H23BClN3O5S. The molecule has 1 aliphatic rings. The lowest BCUT2D eigenvalue weighted by Crippen LogP contribution is -2.48. The van der Waals surface area contributed by atoms with Gasteiger partial charge in [0, 0.05) is 29.8 Å². The molecule has 2 atom stereocenters. The molecule has 0 bridgehead atoms. The summed E-state index contributed by atoms with van der Waals surface area (Å²) in [6.45, 7) is 2.59. The fourth-order valence-electron chi connectivity index (χ4n) is 3.53. The molecule has 1 fully saturated rings. The van der Waals surface area contributed by atoms with Gasteiger partial charge >= 0.3 is 7.12 Å². The molecule has 1 aromatic carbocycles. The number of furan rings is 1. The minimum atomic E-state index is -1.69. The van der Waals surface area contributed by atoms with E-state index < -0.39 is 24.4 Å². The molecule has 31 heavy (non-hydrogen) atoms. The van der Waals surface area contributed by atoms with Crippen molar-refractivity contribution >= 4 is 46.9 Å². The average Bonchev–Trinajstić information content (AvgIpc) is 3.18. The van der Waals surface area contributed by atoms with Crippen LogP contribution in [0.1, 0.15) is 11.3 Å². The molecule has 1 saturated heterocycles. The molecule has 0 saturated carbocycles. The van der Waals surface area contributed by atoms with Gasteiger partial charge in [0.05, 0.1) is 36.1 Å². The second-order valence-electron chi connectivity index (χ2n) is 7.30. The lowest BCUT2D eigenvalue weighted by Gasteiger charge is -2.28. The SMILES string of the molecule is [O-][S+](Cc1ccc(Cl)c(N2CCOCC2)n1)N[C@@H](Cc1coc2ccccc12)B(O)O. The van der Waals surface area contributed by atoms with Crippen LogP contribution in [-0.4, -0.2) is 58.9 Å². The van der Waals surface area contributed by atoms with E-state index in [-0.39, 0.29) is 12.2 Å². The Morgan fingerprint density at radius 3 is 2.77 bits per heavy atom. The summed E-state index contributed by atoms with van der Waals surface area (Å²) in [4.78, 5) is 6.61. The number of nitrogens with one attached hydrogen (secondary N) is 1. The van der Waals surface area contributed by atoms with E-state index in [1.54, 1.807) is 18.4 Å². The minimum absolute atomic E-state index is 0.101. The summed E-state index contributed by atoms with van der Waals surface area (Å²) in [7, 11) is -1.69. The van der Waals surface area contributed by atoms with Gasteiger partial charge in [0.25, 0.3) is 0 Å². The van der Waals surface area contributed by atoms with Gasteiger partial charge in [-0.3, -0.25) is 0 Å². The van der Waals surface area contributed by atoms with Crippen molar-refractivity contribution in [2.45, 2.75) is 18.1 Å². The summed E-state index contributed by atoms with van der Waals surface area (Å²) >= 11 is 4.72. The van der Waals surface area contributed by atoms with Gasteiger partial charge in [0.2, 0.25) is 0 Å². The summed E-state index contributed by atoms with van der Waals surface area (Å²) in [5.74, 6) is -0.0972. The Bertz CT molecular complexity index is 1020. The predicted octanol–water partition coefficient (Wildman–Crippen LogP) is 1.69. The molecule has 0 radical (unpaired) electrons. The topological polar surface area (TPSA) is 114 Å². The van der Waals surface area contributed by atoms with E-state index in [1.165, 1.54) is 0 Å². The first-order valence-electron chi connectivity index (χ1n) is 9.95. The van der Waals surface area contributed by atoms with Crippen molar-refractivity contribution in [1.82, 2.24) is 9.71 Å². The van der Waals surface area contributed by atoms with E-state index in [0.717, 1.165) is 10.9 Å². The van der Waals surface area contributed by atoms with Crippen molar-refractivity contribution in [2.24, 2.45) is 0 Å². The second kappa shape index (κ2) is 10.2. The number of hydrogen-bond acceptors (Lipinski definition) is 8. The Morgan fingerprint density at radius 2 is 2.00 bits per heavy atom. The summed E-state index contributed by atoms with van der Waals surface area (Å²) in [6.07, 6.45) is 1.83. The number of morpholine rings is 1. The maximum absolute atomic E-state index is 12.7. The Balaban J connectivity index is 1.43. The number of anilines is 1. The van der Waals surface area contributed by atoms with Crippen LogP contribution in [0.3, 0.4) is 0 Å². The van der Waals surface area contributed by atoms with Gasteiger partial charge < -0.3 is 28.7 Å². The monoisotopic (exact) mass is 463 g/mol. The number of halogens is 1. The number of ether oxygens (including phenoxy) is 1. The highest BCUT2D eigenvalue weighted by atomic mass is 35.5. The summed E-state index contributed by atoms with van der Waals surface area (Å²) in [5.41, 5.74) is 2.11. The number of benzene rings is 1. The van der Waals surface area contributed by atoms with Crippen LogP contribution in [0.2, 0.25) is 5.02 Å². The van der Waals surface area contributed by atoms with Crippen LogP contribution in [0.15, 0.2) is 47.1 Å². The molecule has 0 aliphatic carbocycles. The molecule has 2 aromatic heterocycles. The third-order valence-corrected chi connectivity index (χ3v) is 6.54. The summed E-state index contributed by atoms with van der Waals surface area (Å²) in [6, 6.07) is 11.0. The minimum Gasteiger partial charge on any atom is -0.598 e. The standard InChI is InChI=1S/C20H23BClN3O5S/c22-17-6-5-15(23-20(17)25-7-9-29-10-8-25)13-31(28)24-19(21(26)27)11-14-12-30-18-4-2-1-3-16(14)18/h1-6,12,19,24,26-27H,7-11,13H2/t19-,31?/m0/s1. The quantitative estimate of drug-likeness (QED) is 0.342. The number of aromatic nitrogens is 1. The highest BCUT2D eigenvalue weighted by Crippen LogP contribution is 2.25. The Kier molecular flexibility index (Phi) is 7.39. The zero-order valence-corrected chi connectivity index (χ0v) is 18.3. The van der Waals surface area contributed by atoms with Crippen molar-refractivity contribution in [3.8, 4) is 0 Å². The number of para-hydroxylation sites is 1. The van der Waals surface area contributed by atoms with Crippen molar-refractivity contribution in [1.29, 1.82) is 0 Å². The zero-order chi connectivity index (χ0) is 21.8. The zero-order valence-electron chi connectivity index (χ0n) is 16.7. The van der Waals surface area contributed by atoms with Crippen molar-refractivity contribution in [2.75, 3.05) is 31.2 Å². The largest absolute Gasteiger partial charge is 0.598 e. The van der Waals surface area contributed by atoms with Crippen LogP contribution in [0.4, 0.5) is 5.82 Å². The van der Waals surface area contributed by atoms with E-state index in [0.29, 0.717) is 48.4 Å². The van der Waals surface area contributed by atoms with E-state index >= 15 is 0 Å². The molecule has 3 N–H and O–H groups in total. The first-order valence-corrected chi connectivity index (χ1v) is 11.6. The van der Waals surface area contributed by atoms with Gasteiger partial charge in [-0.2, -0.15) is 0 Å². The molecule has 164 valence electrons. The Morgan fingerprint density at radius 1 is 1.23 bits per heavy atom. The molecule has 1 unspecified atom stereocenters. The van der Waals surface area contributed by atoms with Gasteiger partial charge in [-0.15, -0.1) is 4.72 Å². The van der Waals surface area contributed by atoms with E-state index in [2.05, 4.69) is 9.71 Å². The molecule has 0 spiro atoms. The number of pyridine rings is 1. The van der Waals surface area contributed by atoms with Crippen molar-refractivity contribution in [3.63, 3.8) is 0 Å². The van der Waals surface area contributed by atoms with E-state index in [4.69, 9.17) is 20.8 Å². The van der Waals surface area contributed by atoms with Gasteiger partial charge in [0.1, 0.15) is 11.4 Å². The molecule has 4 rings (SSSR count). The maximum Gasteiger partial charge on any atom is 0.474 e. The normalized spacial score (nSPS) is 16.5.